The van der Waals surface area contributed by atoms with Gasteiger partial charge in [-0.25, -0.2) is 0 Å². The molecule has 1 aromatic carbocycles. The Bertz CT molecular complexity index is 521. The molecule has 0 bridgehead atoms. The summed E-state index contributed by atoms with van der Waals surface area (Å²) in [4.78, 5) is 2.15. The Balaban J connectivity index is 1.92. The molecule has 3 rings (SSSR count). The SMILES string of the molecule is N#Cc1cccc(Cl)c1N1CCOC2(CCOC2)C1. The maximum absolute atomic E-state index is 9.24. The summed E-state index contributed by atoms with van der Waals surface area (Å²) < 4.78 is 11.4. The lowest BCUT2D eigenvalue weighted by molar-refractivity contribution is -0.0579. The van der Waals surface area contributed by atoms with E-state index in [4.69, 9.17) is 21.1 Å². The van der Waals surface area contributed by atoms with Gasteiger partial charge in [-0.2, -0.15) is 5.26 Å². The maximum Gasteiger partial charge on any atom is 0.111 e. The lowest BCUT2D eigenvalue weighted by Gasteiger charge is -2.41. The second-order valence-corrected chi connectivity index (χ2v) is 5.41. The van der Waals surface area contributed by atoms with Crippen LogP contribution >= 0.6 is 11.6 Å². The summed E-state index contributed by atoms with van der Waals surface area (Å²) in [5.41, 5.74) is 1.20. The van der Waals surface area contributed by atoms with Gasteiger partial charge in [-0.05, 0) is 12.1 Å². The molecule has 1 aromatic rings. The number of rotatable bonds is 1. The Hall–Kier alpha value is -1.28. The smallest absolute Gasteiger partial charge is 0.111 e. The zero-order valence-corrected chi connectivity index (χ0v) is 11.3. The minimum atomic E-state index is -0.232. The highest BCUT2D eigenvalue weighted by molar-refractivity contribution is 6.33. The number of benzene rings is 1. The second kappa shape index (κ2) is 5.01. The topological polar surface area (TPSA) is 45.5 Å². The van der Waals surface area contributed by atoms with Crippen molar-refractivity contribution in [3.8, 4) is 6.07 Å². The number of halogens is 1. The minimum Gasteiger partial charge on any atom is -0.378 e. The van der Waals surface area contributed by atoms with E-state index in [1.165, 1.54) is 0 Å². The van der Waals surface area contributed by atoms with Crippen LogP contribution in [-0.2, 0) is 9.47 Å². The van der Waals surface area contributed by atoms with Crippen molar-refractivity contribution in [2.24, 2.45) is 0 Å². The van der Waals surface area contributed by atoms with Crippen LogP contribution in [0.4, 0.5) is 5.69 Å². The standard InChI is InChI=1S/C14H15ClN2O2/c15-12-3-1-2-11(8-16)13(12)17-5-7-19-14(9-17)4-6-18-10-14/h1-3H,4-7,9-10H2. The van der Waals surface area contributed by atoms with E-state index >= 15 is 0 Å². The average molecular weight is 279 g/mol. The highest BCUT2D eigenvalue weighted by Crippen LogP contribution is 2.35. The summed E-state index contributed by atoms with van der Waals surface area (Å²) >= 11 is 6.27. The molecular weight excluding hydrogens is 264 g/mol. The minimum absolute atomic E-state index is 0.232. The fourth-order valence-electron chi connectivity index (χ4n) is 2.79. The summed E-state index contributed by atoms with van der Waals surface area (Å²) in [6.45, 7) is 3.47. The molecule has 0 radical (unpaired) electrons. The van der Waals surface area contributed by atoms with E-state index in [2.05, 4.69) is 11.0 Å². The van der Waals surface area contributed by atoms with Crippen LogP contribution in [0.5, 0.6) is 0 Å². The van der Waals surface area contributed by atoms with Crippen LogP contribution in [0.2, 0.25) is 5.02 Å². The highest BCUT2D eigenvalue weighted by atomic mass is 35.5. The van der Waals surface area contributed by atoms with Crippen LogP contribution in [0.25, 0.3) is 0 Å². The van der Waals surface area contributed by atoms with Crippen molar-refractivity contribution in [3.63, 3.8) is 0 Å². The molecular formula is C14H15ClN2O2. The monoisotopic (exact) mass is 278 g/mol. The van der Waals surface area contributed by atoms with Gasteiger partial charge in [0.05, 0.1) is 29.5 Å². The zero-order valence-electron chi connectivity index (χ0n) is 10.6. The molecule has 2 aliphatic heterocycles. The molecule has 100 valence electrons. The van der Waals surface area contributed by atoms with E-state index in [1.54, 1.807) is 12.1 Å². The fraction of sp³-hybridized carbons (Fsp3) is 0.500. The first-order valence-corrected chi connectivity index (χ1v) is 6.77. The van der Waals surface area contributed by atoms with Crippen molar-refractivity contribution >= 4 is 17.3 Å². The van der Waals surface area contributed by atoms with E-state index < -0.39 is 0 Å². The summed E-state index contributed by atoms with van der Waals surface area (Å²) in [6, 6.07) is 7.64. The van der Waals surface area contributed by atoms with Gasteiger partial charge in [0.15, 0.2) is 0 Å². The third kappa shape index (κ3) is 2.30. The molecule has 4 nitrogen and oxygen atoms in total. The van der Waals surface area contributed by atoms with Gasteiger partial charge in [-0.15, -0.1) is 0 Å². The van der Waals surface area contributed by atoms with Gasteiger partial charge in [0.1, 0.15) is 11.7 Å². The van der Waals surface area contributed by atoms with E-state index in [1.807, 2.05) is 6.07 Å². The highest BCUT2D eigenvalue weighted by Gasteiger charge is 2.41. The summed E-state index contributed by atoms with van der Waals surface area (Å²) in [5, 5.41) is 9.86. The summed E-state index contributed by atoms with van der Waals surface area (Å²) in [6.07, 6.45) is 0.899. The third-order valence-electron chi connectivity index (χ3n) is 3.74. The molecule has 2 fully saturated rings. The number of para-hydroxylation sites is 1. The first kappa shape index (κ1) is 12.7. The van der Waals surface area contributed by atoms with Gasteiger partial charge in [0.2, 0.25) is 0 Å². The van der Waals surface area contributed by atoms with Crippen LogP contribution in [0.1, 0.15) is 12.0 Å². The number of hydrogen-bond acceptors (Lipinski definition) is 4. The van der Waals surface area contributed by atoms with Crippen LogP contribution in [0.15, 0.2) is 18.2 Å². The lowest BCUT2D eigenvalue weighted by Crippen LogP contribution is -2.52. The summed E-state index contributed by atoms with van der Waals surface area (Å²) in [5.74, 6) is 0. The molecule has 2 heterocycles. The van der Waals surface area contributed by atoms with Crippen molar-refractivity contribution in [2.75, 3.05) is 37.8 Å². The van der Waals surface area contributed by atoms with Gasteiger partial charge in [-0.1, -0.05) is 17.7 Å². The van der Waals surface area contributed by atoms with E-state index in [0.29, 0.717) is 23.8 Å². The van der Waals surface area contributed by atoms with Crippen molar-refractivity contribution in [2.45, 2.75) is 12.0 Å². The summed E-state index contributed by atoms with van der Waals surface area (Å²) in [7, 11) is 0. The predicted octanol–water partition coefficient (Wildman–Crippen LogP) is 2.21. The molecule has 1 atom stereocenters. The van der Waals surface area contributed by atoms with E-state index in [9.17, 15) is 5.26 Å². The Morgan fingerprint density at radius 1 is 1.37 bits per heavy atom. The second-order valence-electron chi connectivity index (χ2n) is 5.00. The molecule has 0 saturated carbocycles. The number of nitriles is 1. The predicted molar refractivity (Wildman–Crippen MR) is 72.5 cm³/mol. The van der Waals surface area contributed by atoms with E-state index in [0.717, 1.165) is 31.8 Å². The first-order chi connectivity index (χ1) is 9.24. The van der Waals surface area contributed by atoms with Gasteiger partial charge >= 0.3 is 0 Å². The number of anilines is 1. The normalized spacial score (nSPS) is 26.6. The molecule has 0 amide bonds. The van der Waals surface area contributed by atoms with Crippen LogP contribution < -0.4 is 4.90 Å². The number of hydrogen-bond donors (Lipinski definition) is 0. The first-order valence-electron chi connectivity index (χ1n) is 6.39. The number of ether oxygens (including phenoxy) is 2. The molecule has 1 spiro atoms. The molecule has 0 aliphatic carbocycles. The average Bonchev–Trinajstić information content (AvgIpc) is 2.86. The molecule has 0 aromatic heterocycles. The van der Waals surface area contributed by atoms with Crippen LogP contribution in [0.3, 0.4) is 0 Å². The quantitative estimate of drug-likeness (QED) is 0.790. The zero-order chi connectivity index (χ0) is 13.3. The molecule has 5 heteroatoms. The molecule has 2 aliphatic rings. The largest absolute Gasteiger partial charge is 0.378 e. The van der Waals surface area contributed by atoms with Crippen molar-refractivity contribution in [1.29, 1.82) is 5.26 Å². The molecule has 2 saturated heterocycles. The Morgan fingerprint density at radius 3 is 3.00 bits per heavy atom. The van der Waals surface area contributed by atoms with Gasteiger partial charge in [0.25, 0.3) is 0 Å². The molecule has 0 N–H and O–H groups in total. The van der Waals surface area contributed by atoms with Crippen LogP contribution in [0, 0.1) is 11.3 Å². The van der Waals surface area contributed by atoms with Crippen molar-refractivity contribution in [3.05, 3.63) is 28.8 Å². The Morgan fingerprint density at radius 2 is 2.26 bits per heavy atom. The number of nitrogens with zero attached hydrogens (tertiary/aromatic N) is 2. The third-order valence-corrected chi connectivity index (χ3v) is 4.04. The maximum atomic E-state index is 9.24. The van der Waals surface area contributed by atoms with Crippen LogP contribution in [-0.4, -0.2) is 38.5 Å². The van der Waals surface area contributed by atoms with Crippen molar-refractivity contribution in [1.82, 2.24) is 0 Å². The van der Waals surface area contributed by atoms with E-state index in [-0.39, 0.29) is 5.60 Å². The van der Waals surface area contributed by atoms with Gasteiger partial charge in [0, 0.05) is 26.1 Å². The Kier molecular flexibility index (Phi) is 3.36. The number of morpholine rings is 1. The molecule has 19 heavy (non-hydrogen) atoms. The van der Waals surface area contributed by atoms with Gasteiger partial charge < -0.3 is 14.4 Å². The van der Waals surface area contributed by atoms with Crippen molar-refractivity contribution < 1.29 is 9.47 Å². The lowest BCUT2D eigenvalue weighted by atomic mass is 9.99. The molecule has 1 unspecified atom stereocenters. The van der Waals surface area contributed by atoms with Gasteiger partial charge in [-0.3, -0.25) is 0 Å². The Labute approximate surface area is 117 Å². The fourth-order valence-corrected chi connectivity index (χ4v) is 3.08.